The first-order chi connectivity index (χ1) is 14.6. The maximum Gasteiger partial charge on any atom is 0.163 e. The van der Waals surface area contributed by atoms with Gasteiger partial charge in [-0.2, -0.15) is 0 Å². The molecule has 2 heteroatoms. The van der Waals surface area contributed by atoms with E-state index in [1.54, 1.807) is 14.2 Å². The van der Waals surface area contributed by atoms with Crippen LogP contribution in [-0.4, -0.2) is 14.2 Å². The summed E-state index contributed by atoms with van der Waals surface area (Å²) in [4.78, 5) is 0. The van der Waals surface area contributed by atoms with Gasteiger partial charge in [0.15, 0.2) is 11.5 Å². The Morgan fingerprint density at radius 1 is 0.833 bits per heavy atom. The molecule has 2 nitrogen and oxygen atoms in total. The maximum absolute atomic E-state index is 5.58. The van der Waals surface area contributed by atoms with E-state index in [-0.39, 0.29) is 0 Å². The van der Waals surface area contributed by atoms with Gasteiger partial charge in [0.1, 0.15) is 0 Å². The number of benzene rings is 3. The van der Waals surface area contributed by atoms with Crippen LogP contribution in [0.25, 0.3) is 5.57 Å². The third-order valence-electron chi connectivity index (χ3n) is 5.97. The number of methoxy groups -OCH3 is 2. The van der Waals surface area contributed by atoms with E-state index in [0.717, 1.165) is 37.2 Å². The Hall–Kier alpha value is -3.00. The Morgan fingerprint density at radius 3 is 2.37 bits per heavy atom. The van der Waals surface area contributed by atoms with Crippen molar-refractivity contribution >= 4 is 5.57 Å². The van der Waals surface area contributed by atoms with Crippen molar-refractivity contribution in [2.24, 2.45) is 0 Å². The van der Waals surface area contributed by atoms with Crippen LogP contribution >= 0.6 is 0 Å². The van der Waals surface area contributed by atoms with E-state index in [1.165, 1.54) is 44.5 Å². The Bertz CT molecular complexity index is 1070. The van der Waals surface area contributed by atoms with Crippen LogP contribution in [0.1, 0.15) is 45.9 Å². The molecular weight excluding hydrogens is 368 g/mol. The molecule has 0 aromatic heterocycles. The van der Waals surface area contributed by atoms with Gasteiger partial charge in [-0.05, 0) is 77.6 Å². The summed E-state index contributed by atoms with van der Waals surface area (Å²) in [5, 5.41) is 0. The van der Waals surface area contributed by atoms with Gasteiger partial charge in [0.25, 0.3) is 0 Å². The molecule has 154 valence electrons. The summed E-state index contributed by atoms with van der Waals surface area (Å²) in [5.41, 5.74) is 10.8. The number of fused-ring (bicyclic) bond motifs is 1. The molecule has 0 atom stereocenters. The van der Waals surface area contributed by atoms with Gasteiger partial charge in [0, 0.05) is 0 Å². The van der Waals surface area contributed by atoms with Crippen molar-refractivity contribution in [3.8, 4) is 11.5 Å². The molecule has 0 heterocycles. The molecule has 1 aliphatic carbocycles. The molecule has 0 spiro atoms. The predicted octanol–water partition coefficient (Wildman–Crippen LogP) is 6.35. The van der Waals surface area contributed by atoms with Crippen LogP contribution in [0.5, 0.6) is 11.5 Å². The van der Waals surface area contributed by atoms with Crippen LogP contribution in [0.3, 0.4) is 0 Å². The summed E-state index contributed by atoms with van der Waals surface area (Å²) in [7, 11) is 3.41. The lowest BCUT2D eigenvalue weighted by Crippen LogP contribution is -1.99. The number of hydrogen-bond donors (Lipinski definition) is 0. The summed E-state index contributed by atoms with van der Waals surface area (Å²) in [6.45, 7) is 4.32. The third kappa shape index (κ3) is 4.14. The molecule has 1 aliphatic rings. The van der Waals surface area contributed by atoms with E-state index in [0.29, 0.717) is 0 Å². The Labute approximate surface area is 180 Å². The Morgan fingerprint density at radius 2 is 1.63 bits per heavy atom. The minimum absolute atomic E-state index is 0.811. The van der Waals surface area contributed by atoms with E-state index < -0.39 is 0 Å². The highest BCUT2D eigenvalue weighted by molar-refractivity contribution is 5.75. The first kappa shape index (κ1) is 20.3. The highest BCUT2D eigenvalue weighted by Crippen LogP contribution is 2.34. The number of hydrogen-bond acceptors (Lipinski definition) is 2. The predicted molar refractivity (Wildman–Crippen MR) is 125 cm³/mol. The molecule has 30 heavy (non-hydrogen) atoms. The van der Waals surface area contributed by atoms with Crippen molar-refractivity contribution in [2.75, 3.05) is 14.2 Å². The van der Waals surface area contributed by atoms with Gasteiger partial charge < -0.3 is 9.47 Å². The van der Waals surface area contributed by atoms with Crippen molar-refractivity contribution < 1.29 is 9.47 Å². The van der Waals surface area contributed by atoms with E-state index in [1.807, 2.05) is 0 Å². The molecule has 0 radical (unpaired) electrons. The van der Waals surface area contributed by atoms with Crippen molar-refractivity contribution in [3.05, 3.63) is 99.6 Å². The Balaban J connectivity index is 1.56. The summed E-state index contributed by atoms with van der Waals surface area (Å²) in [5.74, 6) is 1.66. The third-order valence-corrected chi connectivity index (χ3v) is 5.97. The van der Waals surface area contributed by atoms with Gasteiger partial charge in [-0.15, -0.1) is 0 Å². The average molecular weight is 399 g/mol. The second-order valence-electron chi connectivity index (χ2n) is 8.11. The molecule has 0 bridgehead atoms. The first-order valence-electron chi connectivity index (χ1n) is 10.7. The van der Waals surface area contributed by atoms with Gasteiger partial charge in [-0.3, -0.25) is 0 Å². The topological polar surface area (TPSA) is 18.5 Å². The highest BCUT2D eigenvalue weighted by Gasteiger charge is 2.15. The smallest absolute Gasteiger partial charge is 0.163 e. The lowest BCUT2D eigenvalue weighted by molar-refractivity contribution is 0.351. The summed E-state index contributed by atoms with van der Waals surface area (Å²) < 4.78 is 11.1. The summed E-state index contributed by atoms with van der Waals surface area (Å²) in [6.07, 6.45) is 6.22. The van der Waals surface area contributed by atoms with Crippen LogP contribution < -0.4 is 9.47 Å². The number of allylic oxidation sites excluding steroid dienone is 2. The second kappa shape index (κ2) is 8.79. The average Bonchev–Trinajstić information content (AvgIpc) is 3.15. The van der Waals surface area contributed by atoms with Crippen LogP contribution in [0.4, 0.5) is 0 Å². The second-order valence-corrected chi connectivity index (χ2v) is 8.11. The van der Waals surface area contributed by atoms with E-state index in [9.17, 15) is 0 Å². The minimum Gasteiger partial charge on any atom is -0.493 e. The van der Waals surface area contributed by atoms with E-state index in [4.69, 9.17) is 9.47 Å². The van der Waals surface area contributed by atoms with Gasteiger partial charge in [0.2, 0.25) is 0 Å². The van der Waals surface area contributed by atoms with Crippen molar-refractivity contribution in [1.82, 2.24) is 0 Å². The first-order valence-corrected chi connectivity index (χ1v) is 10.7. The highest BCUT2D eigenvalue weighted by atomic mass is 16.5. The molecule has 0 N–H and O–H groups in total. The lowest BCUT2D eigenvalue weighted by Gasteiger charge is -2.15. The van der Waals surface area contributed by atoms with Gasteiger partial charge >= 0.3 is 0 Å². The summed E-state index contributed by atoms with van der Waals surface area (Å²) >= 11 is 0. The minimum atomic E-state index is 0.811. The quantitative estimate of drug-likeness (QED) is 0.462. The van der Waals surface area contributed by atoms with E-state index in [2.05, 4.69) is 74.5 Å². The molecule has 0 saturated carbocycles. The van der Waals surface area contributed by atoms with Crippen LogP contribution in [0, 0.1) is 6.92 Å². The van der Waals surface area contributed by atoms with Crippen molar-refractivity contribution in [3.63, 3.8) is 0 Å². The van der Waals surface area contributed by atoms with Gasteiger partial charge in [-0.1, -0.05) is 67.1 Å². The number of aryl methyl sites for hydroxylation is 2. The maximum atomic E-state index is 5.58. The van der Waals surface area contributed by atoms with Crippen molar-refractivity contribution in [2.45, 2.75) is 39.5 Å². The lowest BCUT2D eigenvalue weighted by atomic mass is 9.95. The normalized spacial score (nSPS) is 12.5. The van der Waals surface area contributed by atoms with Crippen LogP contribution in [0.15, 0.2) is 60.7 Å². The molecule has 0 fully saturated rings. The molecular formula is C28H30O2. The zero-order chi connectivity index (χ0) is 21.1. The largest absolute Gasteiger partial charge is 0.493 e. The zero-order valence-electron chi connectivity index (χ0n) is 18.4. The van der Waals surface area contributed by atoms with E-state index >= 15 is 0 Å². The zero-order valence-corrected chi connectivity index (χ0v) is 18.4. The molecule has 0 amide bonds. The molecule has 0 saturated heterocycles. The van der Waals surface area contributed by atoms with Gasteiger partial charge in [0.05, 0.1) is 14.2 Å². The fourth-order valence-electron chi connectivity index (χ4n) is 4.45. The van der Waals surface area contributed by atoms with Crippen LogP contribution in [-0.2, 0) is 25.7 Å². The van der Waals surface area contributed by atoms with Crippen molar-refractivity contribution in [1.29, 1.82) is 0 Å². The fraction of sp³-hybridized carbons (Fsp3) is 0.286. The molecule has 3 aromatic rings. The number of rotatable bonds is 7. The SMILES string of the molecule is CCc1cc(Cc2cccc(CC3=CCc4ccc(C)cc43)c2)cc(OC)c1OC. The standard InChI is InChI=1S/C28H30O2/c1-5-23-17-22(18-27(29-3)28(23)30-4)15-20-7-6-8-21(14-20)16-25-12-11-24-10-9-19(2)13-26(24)25/h6-10,12-14,17-18H,5,11,15-16H2,1-4H3. The van der Waals surface area contributed by atoms with Crippen LogP contribution in [0.2, 0.25) is 0 Å². The number of ether oxygens (including phenoxy) is 2. The Kier molecular flexibility index (Phi) is 5.94. The summed E-state index contributed by atoms with van der Waals surface area (Å²) in [6, 6.07) is 20.1. The molecule has 0 aliphatic heterocycles. The molecule has 0 unspecified atom stereocenters. The fourth-order valence-corrected chi connectivity index (χ4v) is 4.45. The molecule has 4 rings (SSSR count). The monoisotopic (exact) mass is 398 g/mol. The molecule has 3 aromatic carbocycles. The van der Waals surface area contributed by atoms with Gasteiger partial charge in [-0.25, -0.2) is 0 Å².